The topological polar surface area (TPSA) is 61.2 Å². The zero-order valence-corrected chi connectivity index (χ0v) is 19.3. The summed E-state index contributed by atoms with van der Waals surface area (Å²) in [7, 11) is 3.74. The summed E-state index contributed by atoms with van der Waals surface area (Å²) < 4.78 is 5.25. The van der Waals surface area contributed by atoms with Gasteiger partial charge in [-0.2, -0.15) is 5.26 Å². The van der Waals surface area contributed by atoms with Crippen LogP contribution >= 0.6 is 11.6 Å². The van der Waals surface area contributed by atoms with Crippen molar-refractivity contribution in [1.29, 1.82) is 5.26 Å². The average molecular weight is 437 g/mol. The Bertz CT molecular complexity index is 1090. The van der Waals surface area contributed by atoms with Gasteiger partial charge in [0.05, 0.1) is 29.3 Å². The van der Waals surface area contributed by atoms with Gasteiger partial charge in [0.1, 0.15) is 5.75 Å². The normalized spacial score (nSPS) is 11.2. The maximum absolute atomic E-state index is 9.39. The standard InChI is InChI=1S/C25H29ClN4O/c1-17(2)9-10-30(3)16-20-15-28-23-7-5-18(13-27)11-21(23)25(20)29-14-19-6-8-24(31-4)22(26)12-19/h5-8,11-12,15,17H,9-10,14,16H2,1-4H3,(H,28,29). The van der Waals surface area contributed by atoms with E-state index in [0.717, 1.165) is 47.2 Å². The molecule has 0 aliphatic heterocycles. The van der Waals surface area contributed by atoms with Gasteiger partial charge in [-0.05, 0) is 61.8 Å². The molecule has 1 heterocycles. The van der Waals surface area contributed by atoms with Gasteiger partial charge in [-0.15, -0.1) is 0 Å². The molecule has 0 radical (unpaired) electrons. The number of fused-ring (bicyclic) bond motifs is 1. The molecule has 0 spiro atoms. The van der Waals surface area contributed by atoms with Crippen LogP contribution in [0.5, 0.6) is 5.75 Å². The lowest BCUT2D eigenvalue weighted by molar-refractivity contribution is 0.303. The summed E-state index contributed by atoms with van der Waals surface area (Å²) in [4.78, 5) is 6.96. The van der Waals surface area contributed by atoms with E-state index in [-0.39, 0.29) is 0 Å². The molecule has 31 heavy (non-hydrogen) atoms. The summed E-state index contributed by atoms with van der Waals surface area (Å²) in [5, 5.41) is 14.5. The van der Waals surface area contributed by atoms with Crippen molar-refractivity contribution >= 4 is 28.2 Å². The second kappa shape index (κ2) is 10.5. The van der Waals surface area contributed by atoms with E-state index in [4.69, 9.17) is 16.3 Å². The maximum atomic E-state index is 9.39. The Labute approximate surface area is 189 Å². The lowest BCUT2D eigenvalue weighted by Gasteiger charge is -2.21. The van der Waals surface area contributed by atoms with Crippen LogP contribution in [0.15, 0.2) is 42.6 Å². The van der Waals surface area contributed by atoms with E-state index in [9.17, 15) is 5.26 Å². The van der Waals surface area contributed by atoms with Crippen LogP contribution in [0.2, 0.25) is 5.02 Å². The molecule has 1 N–H and O–H groups in total. The number of nitriles is 1. The van der Waals surface area contributed by atoms with Gasteiger partial charge in [0.15, 0.2) is 0 Å². The molecule has 0 fully saturated rings. The number of methoxy groups -OCH3 is 1. The molecule has 0 bridgehead atoms. The van der Waals surface area contributed by atoms with E-state index in [1.165, 1.54) is 0 Å². The van der Waals surface area contributed by atoms with Crippen LogP contribution in [-0.4, -0.2) is 30.6 Å². The van der Waals surface area contributed by atoms with E-state index < -0.39 is 0 Å². The molecule has 5 nitrogen and oxygen atoms in total. The van der Waals surface area contributed by atoms with Crippen molar-refractivity contribution in [2.45, 2.75) is 33.4 Å². The number of nitrogens with zero attached hydrogens (tertiary/aromatic N) is 3. The average Bonchev–Trinajstić information content (AvgIpc) is 2.76. The van der Waals surface area contributed by atoms with Crippen molar-refractivity contribution in [2.24, 2.45) is 5.92 Å². The zero-order valence-electron chi connectivity index (χ0n) is 18.6. The third-order valence-electron chi connectivity index (χ3n) is 5.29. The number of halogens is 1. The van der Waals surface area contributed by atoms with Crippen LogP contribution in [0.4, 0.5) is 5.69 Å². The zero-order chi connectivity index (χ0) is 22.4. The quantitative estimate of drug-likeness (QED) is 0.455. The number of anilines is 1. The minimum absolute atomic E-state index is 0.585. The Hall–Kier alpha value is -2.81. The fourth-order valence-electron chi connectivity index (χ4n) is 3.49. The fourth-order valence-corrected chi connectivity index (χ4v) is 3.77. The fraction of sp³-hybridized carbons (Fsp3) is 0.360. The molecule has 162 valence electrons. The molecule has 0 amide bonds. The van der Waals surface area contributed by atoms with Crippen molar-refractivity contribution in [3.63, 3.8) is 0 Å². The SMILES string of the molecule is COc1ccc(CNc2c(CN(C)CCC(C)C)cnc3ccc(C#N)cc23)cc1Cl. The number of ether oxygens (including phenoxy) is 1. The predicted octanol–water partition coefficient (Wildman–Crippen LogP) is 5.86. The minimum atomic E-state index is 0.585. The van der Waals surface area contributed by atoms with Crippen molar-refractivity contribution in [2.75, 3.05) is 26.0 Å². The Morgan fingerprint density at radius 3 is 2.71 bits per heavy atom. The highest BCUT2D eigenvalue weighted by Crippen LogP contribution is 2.30. The minimum Gasteiger partial charge on any atom is -0.495 e. The van der Waals surface area contributed by atoms with Gasteiger partial charge in [0.2, 0.25) is 0 Å². The van der Waals surface area contributed by atoms with Gasteiger partial charge in [-0.25, -0.2) is 0 Å². The molecule has 0 aliphatic rings. The van der Waals surface area contributed by atoms with E-state index in [1.807, 2.05) is 36.5 Å². The Morgan fingerprint density at radius 2 is 2.03 bits per heavy atom. The molecular formula is C25H29ClN4O. The van der Waals surface area contributed by atoms with Crippen molar-refractivity contribution in [1.82, 2.24) is 9.88 Å². The van der Waals surface area contributed by atoms with Gasteiger partial charge in [0.25, 0.3) is 0 Å². The predicted molar refractivity (Wildman–Crippen MR) is 128 cm³/mol. The molecule has 2 aromatic carbocycles. The van der Waals surface area contributed by atoms with E-state index in [1.54, 1.807) is 13.2 Å². The first-order valence-corrected chi connectivity index (χ1v) is 10.9. The molecule has 6 heteroatoms. The van der Waals surface area contributed by atoms with E-state index in [2.05, 4.69) is 42.2 Å². The molecule has 3 aromatic rings. The Morgan fingerprint density at radius 1 is 1.23 bits per heavy atom. The summed E-state index contributed by atoms with van der Waals surface area (Å²) in [6, 6.07) is 13.6. The third kappa shape index (κ3) is 5.88. The number of pyridine rings is 1. The number of aromatic nitrogens is 1. The van der Waals surface area contributed by atoms with Crippen molar-refractivity contribution in [3.05, 3.63) is 64.3 Å². The highest BCUT2D eigenvalue weighted by Gasteiger charge is 2.13. The van der Waals surface area contributed by atoms with Crippen LogP contribution in [0, 0.1) is 17.2 Å². The summed E-state index contributed by atoms with van der Waals surface area (Å²) in [5.74, 6) is 1.32. The molecular weight excluding hydrogens is 408 g/mol. The number of benzene rings is 2. The van der Waals surface area contributed by atoms with Crippen LogP contribution in [0.1, 0.15) is 37.0 Å². The van der Waals surface area contributed by atoms with Crippen molar-refractivity contribution in [3.8, 4) is 11.8 Å². The summed E-state index contributed by atoms with van der Waals surface area (Å²) >= 11 is 6.30. The van der Waals surface area contributed by atoms with Crippen LogP contribution in [0.3, 0.4) is 0 Å². The lowest BCUT2D eigenvalue weighted by atomic mass is 10.1. The first-order valence-electron chi connectivity index (χ1n) is 10.5. The lowest BCUT2D eigenvalue weighted by Crippen LogP contribution is -2.21. The first kappa shape index (κ1) is 22.9. The maximum Gasteiger partial charge on any atom is 0.137 e. The second-order valence-electron chi connectivity index (χ2n) is 8.24. The summed E-state index contributed by atoms with van der Waals surface area (Å²) in [5.41, 5.74) is 4.64. The van der Waals surface area contributed by atoms with Gasteiger partial charge >= 0.3 is 0 Å². The molecule has 0 saturated carbocycles. The van der Waals surface area contributed by atoms with Crippen LogP contribution < -0.4 is 10.1 Å². The number of hydrogen-bond acceptors (Lipinski definition) is 5. The van der Waals surface area contributed by atoms with Crippen molar-refractivity contribution < 1.29 is 4.74 Å². The Kier molecular flexibility index (Phi) is 7.73. The van der Waals surface area contributed by atoms with Crippen LogP contribution in [-0.2, 0) is 13.1 Å². The van der Waals surface area contributed by atoms with E-state index >= 15 is 0 Å². The molecule has 0 aliphatic carbocycles. The molecule has 3 rings (SSSR count). The van der Waals surface area contributed by atoms with Gasteiger partial charge in [-0.1, -0.05) is 31.5 Å². The smallest absolute Gasteiger partial charge is 0.137 e. The first-order chi connectivity index (χ1) is 14.9. The third-order valence-corrected chi connectivity index (χ3v) is 5.58. The number of hydrogen-bond donors (Lipinski definition) is 1. The molecule has 0 unspecified atom stereocenters. The summed E-state index contributed by atoms with van der Waals surface area (Å²) in [6.45, 7) is 6.87. The monoisotopic (exact) mass is 436 g/mol. The second-order valence-corrected chi connectivity index (χ2v) is 8.65. The summed E-state index contributed by atoms with van der Waals surface area (Å²) in [6.07, 6.45) is 3.08. The molecule has 1 aromatic heterocycles. The molecule has 0 saturated heterocycles. The largest absolute Gasteiger partial charge is 0.495 e. The highest BCUT2D eigenvalue weighted by atomic mass is 35.5. The molecule has 0 atom stereocenters. The number of nitrogens with one attached hydrogen (secondary N) is 1. The van der Waals surface area contributed by atoms with Gasteiger partial charge < -0.3 is 15.0 Å². The van der Waals surface area contributed by atoms with Crippen LogP contribution in [0.25, 0.3) is 10.9 Å². The Balaban J connectivity index is 1.93. The van der Waals surface area contributed by atoms with E-state index in [0.29, 0.717) is 28.8 Å². The van der Waals surface area contributed by atoms with Gasteiger partial charge in [-0.3, -0.25) is 4.98 Å². The highest BCUT2D eigenvalue weighted by molar-refractivity contribution is 6.32. The van der Waals surface area contributed by atoms with Gasteiger partial charge in [0, 0.05) is 35.9 Å². The number of rotatable bonds is 9.